The molecule has 0 spiro atoms. The number of carbonyl (C=O) groups excluding carboxylic acids is 3. The molecule has 0 bridgehead atoms. The molecule has 0 saturated carbocycles. The standard InChI is InChI=1S/C14H26N4O7/c1-5(15)12(23)17-7(3-4-8(16)19)13(24)18-14-11(22)10(21)9(20)6(2)25-14/h5-7,9-11,14,20-22H,3-4,15H2,1-2H3,(H2,16,19)(H,17,23)(H,18,24)/t5-,6+,7+,9-,10-,11+,14-/m1/s1. The number of ether oxygens (including phenoxy) is 1. The van der Waals surface area contributed by atoms with Crippen LogP contribution in [-0.2, 0) is 19.1 Å². The van der Waals surface area contributed by atoms with Gasteiger partial charge in [0.25, 0.3) is 0 Å². The first-order valence-electron chi connectivity index (χ1n) is 7.88. The average molecular weight is 362 g/mol. The number of rotatable bonds is 7. The average Bonchev–Trinajstić information content (AvgIpc) is 2.53. The summed E-state index contributed by atoms with van der Waals surface area (Å²) in [6.07, 6.45) is -6.79. The van der Waals surface area contributed by atoms with Crippen molar-refractivity contribution in [3.05, 3.63) is 0 Å². The molecule has 3 amide bonds. The van der Waals surface area contributed by atoms with Gasteiger partial charge >= 0.3 is 0 Å². The van der Waals surface area contributed by atoms with Gasteiger partial charge in [-0.25, -0.2) is 0 Å². The number of hydrogen-bond donors (Lipinski definition) is 7. The summed E-state index contributed by atoms with van der Waals surface area (Å²) in [6.45, 7) is 2.88. The van der Waals surface area contributed by atoms with Gasteiger partial charge < -0.3 is 42.2 Å². The van der Waals surface area contributed by atoms with Crippen molar-refractivity contribution in [3.8, 4) is 0 Å². The fourth-order valence-electron chi connectivity index (χ4n) is 2.27. The van der Waals surface area contributed by atoms with Crippen LogP contribution in [0.25, 0.3) is 0 Å². The van der Waals surface area contributed by atoms with Crippen molar-refractivity contribution in [2.45, 2.75) is 69.4 Å². The van der Waals surface area contributed by atoms with Crippen LogP contribution in [0.15, 0.2) is 0 Å². The van der Waals surface area contributed by atoms with E-state index in [2.05, 4.69) is 10.6 Å². The molecule has 0 aromatic rings. The van der Waals surface area contributed by atoms with Gasteiger partial charge in [-0.3, -0.25) is 14.4 Å². The molecular formula is C14H26N4O7. The number of carbonyl (C=O) groups is 3. The van der Waals surface area contributed by atoms with Crippen LogP contribution >= 0.6 is 0 Å². The Morgan fingerprint density at radius 3 is 2.24 bits per heavy atom. The zero-order valence-corrected chi connectivity index (χ0v) is 14.1. The van der Waals surface area contributed by atoms with E-state index in [0.717, 1.165) is 0 Å². The minimum atomic E-state index is -1.57. The van der Waals surface area contributed by atoms with Crippen LogP contribution in [0.3, 0.4) is 0 Å². The highest BCUT2D eigenvalue weighted by Gasteiger charge is 2.43. The molecule has 1 aliphatic rings. The maximum atomic E-state index is 12.4. The van der Waals surface area contributed by atoms with Crippen LogP contribution in [0.4, 0.5) is 0 Å². The molecule has 25 heavy (non-hydrogen) atoms. The Balaban J connectivity index is 2.78. The summed E-state index contributed by atoms with van der Waals surface area (Å²) in [4.78, 5) is 35.0. The number of primary amides is 1. The highest BCUT2D eigenvalue weighted by Crippen LogP contribution is 2.19. The molecule has 1 saturated heterocycles. The number of nitrogens with two attached hydrogens (primary N) is 2. The van der Waals surface area contributed by atoms with Gasteiger partial charge in [0, 0.05) is 6.42 Å². The van der Waals surface area contributed by atoms with Crippen LogP contribution in [0.1, 0.15) is 26.7 Å². The van der Waals surface area contributed by atoms with Gasteiger partial charge in [0.15, 0.2) is 6.23 Å². The van der Waals surface area contributed by atoms with E-state index >= 15 is 0 Å². The van der Waals surface area contributed by atoms with Crippen LogP contribution in [-0.4, -0.2) is 75.8 Å². The van der Waals surface area contributed by atoms with Crippen molar-refractivity contribution in [1.29, 1.82) is 0 Å². The number of amides is 3. The molecule has 1 fully saturated rings. The Hall–Kier alpha value is -1.79. The van der Waals surface area contributed by atoms with Crippen molar-refractivity contribution < 1.29 is 34.4 Å². The maximum absolute atomic E-state index is 12.4. The first-order chi connectivity index (χ1) is 11.5. The fourth-order valence-corrected chi connectivity index (χ4v) is 2.27. The van der Waals surface area contributed by atoms with Crippen LogP contribution in [0.5, 0.6) is 0 Å². The molecule has 1 aliphatic heterocycles. The summed E-state index contributed by atoms with van der Waals surface area (Å²) in [6, 6.07) is -2.02. The van der Waals surface area contributed by atoms with Crippen LogP contribution < -0.4 is 22.1 Å². The highest BCUT2D eigenvalue weighted by atomic mass is 16.5. The fraction of sp³-hybridized carbons (Fsp3) is 0.786. The minimum absolute atomic E-state index is 0.0802. The molecule has 0 unspecified atom stereocenters. The summed E-state index contributed by atoms with van der Waals surface area (Å²) >= 11 is 0. The largest absolute Gasteiger partial charge is 0.388 e. The Morgan fingerprint density at radius 2 is 1.72 bits per heavy atom. The lowest BCUT2D eigenvalue weighted by molar-refractivity contribution is -0.224. The van der Waals surface area contributed by atoms with Crippen molar-refractivity contribution in [2.75, 3.05) is 0 Å². The molecule has 11 nitrogen and oxygen atoms in total. The van der Waals surface area contributed by atoms with E-state index in [1.54, 1.807) is 0 Å². The highest BCUT2D eigenvalue weighted by molar-refractivity contribution is 5.90. The van der Waals surface area contributed by atoms with Gasteiger partial charge in [-0.05, 0) is 20.3 Å². The topological polar surface area (TPSA) is 197 Å². The number of aliphatic hydroxyl groups is 3. The molecule has 7 atom stereocenters. The lowest BCUT2D eigenvalue weighted by atomic mass is 9.98. The summed E-state index contributed by atoms with van der Waals surface area (Å²) in [5, 5.41) is 34.0. The maximum Gasteiger partial charge on any atom is 0.244 e. The van der Waals surface area contributed by atoms with E-state index in [0.29, 0.717) is 0 Å². The predicted octanol–water partition coefficient (Wildman–Crippen LogP) is -3.97. The second kappa shape index (κ2) is 9.06. The molecule has 0 aromatic carbocycles. The minimum Gasteiger partial charge on any atom is -0.388 e. The number of nitrogens with one attached hydrogen (secondary N) is 2. The third kappa shape index (κ3) is 5.90. The van der Waals surface area contributed by atoms with Crippen LogP contribution in [0, 0.1) is 0 Å². The summed E-state index contributed by atoms with van der Waals surface area (Å²) in [7, 11) is 0. The third-order valence-corrected chi connectivity index (χ3v) is 3.86. The second-order valence-electron chi connectivity index (χ2n) is 6.10. The Bertz CT molecular complexity index is 502. The SMILES string of the molecule is C[C@@H]1O[C@@H](NC(=O)[C@H](CCC(N)=O)NC(=O)[C@@H](C)N)[C@@H](O)[C@H](O)[C@@H]1O. The lowest BCUT2D eigenvalue weighted by Gasteiger charge is -2.39. The zero-order valence-electron chi connectivity index (χ0n) is 14.1. The van der Waals surface area contributed by atoms with E-state index in [9.17, 15) is 29.7 Å². The number of aliphatic hydroxyl groups excluding tert-OH is 3. The predicted molar refractivity (Wildman–Crippen MR) is 84.5 cm³/mol. The molecule has 9 N–H and O–H groups in total. The summed E-state index contributed by atoms with van der Waals surface area (Å²) < 4.78 is 5.26. The van der Waals surface area contributed by atoms with E-state index in [1.165, 1.54) is 13.8 Å². The van der Waals surface area contributed by atoms with Crippen molar-refractivity contribution in [2.24, 2.45) is 11.5 Å². The summed E-state index contributed by atoms with van der Waals surface area (Å²) in [5.74, 6) is -2.03. The van der Waals surface area contributed by atoms with E-state index in [1.807, 2.05) is 0 Å². The molecular weight excluding hydrogens is 336 g/mol. The monoisotopic (exact) mass is 362 g/mol. The van der Waals surface area contributed by atoms with Crippen LogP contribution in [0.2, 0.25) is 0 Å². The molecule has 0 aliphatic carbocycles. The molecule has 1 rings (SSSR count). The van der Waals surface area contributed by atoms with E-state index in [-0.39, 0.29) is 12.8 Å². The molecule has 144 valence electrons. The second-order valence-corrected chi connectivity index (χ2v) is 6.10. The first kappa shape index (κ1) is 21.3. The zero-order chi connectivity index (χ0) is 19.3. The van der Waals surface area contributed by atoms with Gasteiger partial charge in [-0.2, -0.15) is 0 Å². The van der Waals surface area contributed by atoms with E-state index in [4.69, 9.17) is 16.2 Å². The number of hydrogen-bond acceptors (Lipinski definition) is 8. The Morgan fingerprint density at radius 1 is 1.12 bits per heavy atom. The lowest BCUT2D eigenvalue weighted by Crippen LogP contribution is -2.63. The Labute approximate surface area is 144 Å². The molecule has 0 radical (unpaired) electrons. The first-order valence-corrected chi connectivity index (χ1v) is 7.88. The van der Waals surface area contributed by atoms with Gasteiger partial charge in [-0.1, -0.05) is 0 Å². The van der Waals surface area contributed by atoms with Crippen molar-refractivity contribution >= 4 is 17.7 Å². The van der Waals surface area contributed by atoms with E-state index < -0.39 is 60.4 Å². The normalized spacial score (nSPS) is 31.7. The van der Waals surface area contributed by atoms with Crippen molar-refractivity contribution in [3.63, 3.8) is 0 Å². The molecule has 11 heteroatoms. The molecule has 1 heterocycles. The van der Waals surface area contributed by atoms with Crippen molar-refractivity contribution in [1.82, 2.24) is 10.6 Å². The molecule has 0 aromatic heterocycles. The van der Waals surface area contributed by atoms with Gasteiger partial charge in [0.1, 0.15) is 24.4 Å². The van der Waals surface area contributed by atoms with Gasteiger partial charge in [-0.15, -0.1) is 0 Å². The third-order valence-electron chi connectivity index (χ3n) is 3.86. The smallest absolute Gasteiger partial charge is 0.244 e. The van der Waals surface area contributed by atoms with Gasteiger partial charge in [0.2, 0.25) is 17.7 Å². The van der Waals surface area contributed by atoms with Gasteiger partial charge in [0.05, 0.1) is 12.1 Å². The Kier molecular flexibility index (Phi) is 7.70. The summed E-state index contributed by atoms with van der Waals surface area (Å²) in [5.41, 5.74) is 10.5. The quantitative estimate of drug-likeness (QED) is 0.238.